The SMILES string of the molecule is CCCCCCCC(=O)Nc1c(SC(C)C)cc(C)nc1SC(C)C. The smallest absolute Gasteiger partial charge is 0.224 e. The van der Waals surface area contributed by atoms with Crippen LogP contribution in [0.3, 0.4) is 0 Å². The van der Waals surface area contributed by atoms with Gasteiger partial charge in [0.25, 0.3) is 0 Å². The molecule has 0 bridgehead atoms. The Hall–Kier alpha value is -0.680. The first-order chi connectivity index (χ1) is 11.8. The van der Waals surface area contributed by atoms with Gasteiger partial charge < -0.3 is 5.32 Å². The van der Waals surface area contributed by atoms with Gasteiger partial charge in [0.2, 0.25) is 5.91 Å². The highest BCUT2D eigenvalue weighted by Crippen LogP contribution is 2.38. The topological polar surface area (TPSA) is 42.0 Å². The normalized spacial score (nSPS) is 11.4. The van der Waals surface area contributed by atoms with Gasteiger partial charge in [-0.05, 0) is 19.4 Å². The van der Waals surface area contributed by atoms with E-state index < -0.39 is 0 Å². The molecule has 0 aliphatic rings. The van der Waals surface area contributed by atoms with Crippen LogP contribution in [0, 0.1) is 6.92 Å². The van der Waals surface area contributed by atoms with Crippen molar-refractivity contribution in [3.63, 3.8) is 0 Å². The Bertz CT molecular complexity index is 513. The van der Waals surface area contributed by atoms with E-state index >= 15 is 0 Å². The standard InChI is InChI=1S/C20H34N2OS2/c1-7-8-9-10-11-12-18(23)22-19-17(24-14(2)3)13-16(6)21-20(19)25-15(4)5/h13-15H,7-12H2,1-6H3,(H,22,23). The third-order valence-electron chi connectivity index (χ3n) is 3.56. The summed E-state index contributed by atoms with van der Waals surface area (Å²) in [5.74, 6) is 0.110. The molecule has 0 radical (unpaired) electrons. The van der Waals surface area contributed by atoms with Gasteiger partial charge in [0, 0.05) is 27.5 Å². The molecule has 3 nitrogen and oxygen atoms in total. The van der Waals surface area contributed by atoms with E-state index in [1.807, 2.05) is 6.92 Å². The van der Waals surface area contributed by atoms with Crippen molar-refractivity contribution in [3.05, 3.63) is 11.8 Å². The van der Waals surface area contributed by atoms with Crippen molar-refractivity contribution < 1.29 is 4.79 Å². The second kappa shape index (κ2) is 11.8. The lowest BCUT2D eigenvalue weighted by atomic mass is 10.1. The lowest BCUT2D eigenvalue weighted by molar-refractivity contribution is -0.116. The third kappa shape index (κ3) is 9.00. The molecular weight excluding hydrogens is 348 g/mol. The van der Waals surface area contributed by atoms with E-state index in [9.17, 15) is 4.79 Å². The molecule has 0 saturated carbocycles. The zero-order valence-electron chi connectivity index (χ0n) is 16.6. The van der Waals surface area contributed by atoms with Crippen LogP contribution in [0.4, 0.5) is 5.69 Å². The molecule has 5 heteroatoms. The fraction of sp³-hybridized carbons (Fsp3) is 0.700. The lowest BCUT2D eigenvalue weighted by Gasteiger charge is -2.18. The van der Waals surface area contributed by atoms with Gasteiger partial charge in [-0.15, -0.1) is 23.5 Å². The highest BCUT2D eigenvalue weighted by Gasteiger charge is 2.17. The minimum absolute atomic E-state index is 0.110. The van der Waals surface area contributed by atoms with E-state index in [2.05, 4.69) is 51.0 Å². The van der Waals surface area contributed by atoms with Crippen LogP contribution < -0.4 is 5.32 Å². The van der Waals surface area contributed by atoms with Crippen molar-refractivity contribution in [2.24, 2.45) is 0 Å². The van der Waals surface area contributed by atoms with Crippen LogP contribution >= 0.6 is 23.5 Å². The van der Waals surface area contributed by atoms with Crippen molar-refractivity contribution >= 4 is 35.1 Å². The van der Waals surface area contributed by atoms with Gasteiger partial charge in [-0.3, -0.25) is 4.79 Å². The maximum absolute atomic E-state index is 12.4. The summed E-state index contributed by atoms with van der Waals surface area (Å²) in [5.41, 5.74) is 1.91. The van der Waals surface area contributed by atoms with E-state index in [-0.39, 0.29) is 5.91 Å². The molecule has 0 spiro atoms. The molecular formula is C20H34N2OS2. The summed E-state index contributed by atoms with van der Waals surface area (Å²) >= 11 is 3.51. The first-order valence-electron chi connectivity index (χ1n) is 9.48. The molecule has 0 atom stereocenters. The third-order valence-corrected chi connectivity index (χ3v) is 5.60. The maximum Gasteiger partial charge on any atom is 0.224 e. The number of carbonyl (C=O) groups is 1. The summed E-state index contributed by atoms with van der Waals surface area (Å²) in [4.78, 5) is 18.3. The predicted octanol–water partition coefficient (Wildman–Crippen LogP) is 6.69. The molecule has 0 aliphatic heterocycles. The minimum atomic E-state index is 0.110. The first kappa shape index (κ1) is 22.4. The summed E-state index contributed by atoms with van der Waals surface area (Å²) in [6.07, 6.45) is 6.40. The molecule has 1 heterocycles. The van der Waals surface area contributed by atoms with Crippen LogP contribution in [0.5, 0.6) is 0 Å². The van der Waals surface area contributed by atoms with Crippen LogP contribution in [0.1, 0.15) is 78.8 Å². The van der Waals surface area contributed by atoms with E-state index in [1.54, 1.807) is 23.5 Å². The Balaban J connectivity index is 2.87. The Labute approximate surface area is 162 Å². The number of unbranched alkanes of at least 4 members (excludes halogenated alkanes) is 4. The Morgan fingerprint density at radius 2 is 1.72 bits per heavy atom. The molecule has 0 fully saturated rings. The molecule has 1 rings (SSSR count). The number of nitrogens with zero attached hydrogens (tertiary/aromatic N) is 1. The van der Waals surface area contributed by atoms with Crippen LogP contribution in [0.2, 0.25) is 0 Å². The Kier molecular flexibility index (Phi) is 10.6. The number of aromatic nitrogens is 1. The number of amides is 1. The summed E-state index contributed by atoms with van der Waals surface area (Å²) in [5, 5.41) is 5.00. The van der Waals surface area contributed by atoms with E-state index in [0.717, 1.165) is 34.1 Å². The predicted molar refractivity (Wildman–Crippen MR) is 113 cm³/mol. The van der Waals surface area contributed by atoms with E-state index in [0.29, 0.717) is 16.9 Å². The van der Waals surface area contributed by atoms with Gasteiger partial charge in [-0.25, -0.2) is 4.98 Å². The zero-order valence-corrected chi connectivity index (χ0v) is 18.3. The maximum atomic E-state index is 12.4. The summed E-state index contributed by atoms with van der Waals surface area (Å²) in [6, 6.07) is 2.09. The van der Waals surface area contributed by atoms with Crippen molar-refractivity contribution in [1.82, 2.24) is 4.98 Å². The van der Waals surface area contributed by atoms with Gasteiger partial charge in [0.1, 0.15) is 5.03 Å². The van der Waals surface area contributed by atoms with Crippen LogP contribution in [0.15, 0.2) is 16.0 Å². The molecule has 1 N–H and O–H groups in total. The highest BCUT2D eigenvalue weighted by molar-refractivity contribution is 8.00. The average Bonchev–Trinajstić information content (AvgIpc) is 2.49. The average molecular weight is 383 g/mol. The number of thioether (sulfide) groups is 2. The van der Waals surface area contributed by atoms with Crippen LogP contribution in [-0.2, 0) is 4.79 Å². The summed E-state index contributed by atoms with van der Waals surface area (Å²) < 4.78 is 0. The number of anilines is 1. The Morgan fingerprint density at radius 3 is 2.32 bits per heavy atom. The fourth-order valence-corrected chi connectivity index (χ4v) is 4.48. The number of pyridine rings is 1. The molecule has 1 aromatic heterocycles. The van der Waals surface area contributed by atoms with Gasteiger partial charge in [0.05, 0.1) is 5.69 Å². The summed E-state index contributed by atoms with van der Waals surface area (Å²) in [7, 11) is 0. The lowest BCUT2D eigenvalue weighted by Crippen LogP contribution is -2.14. The number of aryl methyl sites for hydroxylation is 1. The second-order valence-corrected chi connectivity index (χ2v) is 10.2. The van der Waals surface area contributed by atoms with Crippen LogP contribution in [-0.4, -0.2) is 21.4 Å². The quantitative estimate of drug-likeness (QED) is 0.342. The van der Waals surface area contributed by atoms with Gasteiger partial charge in [0.15, 0.2) is 0 Å². The molecule has 1 aromatic rings. The monoisotopic (exact) mass is 382 g/mol. The van der Waals surface area contributed by atoms with Crippen molar-refractivity contribution in [3.8, 4) is 0 Å². The van der Waals surface area contributed by atoms with Gasteiger partial charge in [-0.2, -0.15) is 0 Å². The minimum Gasteiger partial charge on any atom is -0.323 e. The molecule has 25 heavy (non-hydrogen) atoms. The molecule has 0 unspecified atom stereocenters. The van der Waals surface area contributed by atoms with E-state index in [4.69, 9.17) is 0 Å². The molecule has 0 aliphatic carbocycles. The molecule has 1 amide bonds. The molecule has 142 valence electrons. The zero-order chi connectivity index (χ0) is 18.8. The number of rotatable bonds is 11. The Morgan fingerprint density at radius 1 is 1.08 bits per heavy atom. The first-order valence-corrected chi connectivity index (χ1v) is 11.2. The number of hydrogen-bond donors (Lipinski definition) is 1. The number of carbonyl (C=O) groups excluding carboxylic acids is 1. The number of nitrogens with one attached hydrogen (secondary N) is 1. The van der Waals surface area contributed by atoms with Crippen molar-refractivity contribution in [2.45, 2.75) is 100 Å². The summed E-state index contributed by atoms with van der Waals surface area (Å²) in [6.45, 7) is 12.9. The van der Waals surface area contributed by atoms with Crippen molar-refractivity contribution in [2.75, 3.05) is 5.32 Å². The molecule has 0 saturated heterocycles. The van der Waals surface area contributed by atoms with Gasteiger partial charge in [-0.1, -0.05) is 60.3 Å². The molecule has 0 aromatic carbocycles. The van der Waals surface area contributed by atoms with E-state index in [1.165, 1.54) is 19.3 Å². The fourth-order valence-electron chi connectivity index (χ4n) is 2.48. The van der Waals surface area contributed by atoms with Gasteiger partial charge >= 0.3 is 0 Å². The highest BCUT2D eigenvalue weighted by atomic mass is 32.2. The largest absolute Gasteiger partial charge is 0.323 e. The van der Waals surface area contributed by atoms with Crippen LogP contribution in [0.25, 0.3) is 0 Å². The van der Waals surface area contributed by atoms with Crippen molar-refractivity contribution in [1.29, 1.82) is 0 Å². The second-order valence-electron chi connectivity index (χ2n) is 6.99. The number of hydrogen-bond acceptors (Lipinski definition) is 4.